The van der Waals surface area contributed by atoms with Gasteiger partial charge >= 0.3 is 5.97 Å². The molecule has 0 aliphatic carbocycles. The molecule has 4 N–H and O–H groups in total. The molecule has 5 heteroatoms. The van der Waals surface area contributed by atoms with Crippen LogP contribution in [-0.4, -0.2) is 29.6 Å². The Morgan fingerprint density at radius 1 is 0.960 bits per heavy atom. The van der Waals surface area contributed by atoms with E-state index in [-0.39, 0.29) is 5.91 Å². The van der Waals surface area contributed by atoms with Crippen LogP contribution in [0.15, 0.2) is 12.2 Å². The largest absolute Gasteiger partial charge is 0.480 e. The Morgan fingerprint density at radius 3 is 2.28 bits per heavy atom. The molecule has 25 heavy (non-hydrogen) atoms. The standard InChI is InChI=1S/C20H38N2O3/c1-2-3-4-5-6-7-8-9-10-11-12-16-19(23)22-17-14-13-15-18(21)20(24)25/h10-11,18H,2-9,12-17,21H2,1H3,(H,22,23)(H,24,25)/b11-10+/t18-/m0/s1. The first-order valence-electron chi connectivity index (χ1n) is 9.98. The van der Waals surface area contributed by atoms with Crippen LogP contribution in [0.3, 0.4) is 0 Å². The van der Waals surface area contributed by atoms with Crippen LogP contribution in [-0.2, 0) is 9.59 Å². The number of carboxylic acids is 1. The number of carbonyl (C=O) groups is 2. The van der Waals surface area contributed by atoms with Gasteiger partial charge in [-0.25, -0.2) is 0 Å². The number of unbranched alkanes of at least 4 members (excludes halogenated alkanes) is 8. The topological polar surface area (TPSA) is 92.4 Å². The lowest BCUT2D eigenvalue weighted by atomic mass is 10.1. The first-order valence-corrected chi connectivity index (χ1v) is 9.98. The van der Waals surface area contributed by atoms with Gasteiger partial charge in [0.25, 0.3) is 0 Å². The van der Waals surface area contributed by atoms with E-state index in [0.29, 0.717) is 25.8 Å². The summed E-state index contributed by atoms with van der Waals surface area (Å²) in [6.07, 6.45) is 17.9. The normalized spacial score (nSPS) is 12.4. The number of amides is 1. The Bertz CT molecular complexity index is 370. The predicted octanol–water partition coefficient (Wildman–Crippen LogP) is 4.16. The molecule has 0 aromatic rings. The summed E-state index contributed by atoms with van der Waals surface area (Å²) >= 11 is 0. The number of hydrogen-bond acceptors (Lipinski definition) is 3. The zero-order valence-corrected chi connectivity index (χ0v) is 16.0. The van der Waals surface area contributed by atoms with E-state index < -0.39 is 12.0 Å². The van der Waals surface area contributed by atoms with Gasteiger partial charge in [-0.1, -0.05) is 57.6 Å². The van der Waals surface area contributed by atoms with Gasteiger partial charge in [0.2, 0.25) is 5.91 Å². The van der Waals surface area contributed by atoms with Crippen LogP contribution in [0.5, 0.6) is 0 Å². The molecule has 0 saturated heterocycles. The minimum atomic E-state index is -0.965. The van der Waals surface area contributed by atoms with Crippen molar-refractivity contribution in [3.8, 4) is 0 Å². The second-order valence-corrected chi connectivity index (χ2v) is 6.71. The van der Waals surface area contributed by atoms with Crippen LogP contribution in [0.25, 0.3) is 0 Å². The molecule has 1 atom stereocenters. The van der Waals surface area contributed by atoms with Crippen LogP contribution in [0.2, 0.25) is 0 Å². The Labute approximate surface area is 153 Å². The Morgan fingerprint density at radius 2 is 1.60 bits per heavy atom. The molecule has 1 amide bonds. The lowest BCUT2D eigenvalue weighted by Crippen LogP contribution is -2.30. The zero-order chi connectivity index (χ0) is 18.8. The molecule has 0 aromatic heterocycles. The van der Waals surface area contributed by atoms with E-state index in [1.54, 1.807) is 0 Å². The summed E-state index contributed by atoms with van der Waals surface area (Å²) in [7, 11) is 0. The van der Waals surface area contributed by atoms with Crippen molar-refractivity contribution in [1.82, 2.24) is 5.32 Å². The highest BCUT2D eigenvalue weighted by Gasteiger charge is 2.10. The Kier molecular flexibility index (Phi) is 16.5. The fourth-order valence-corrected chi connectivity index (χ4v) is 2.60. The van der Waals surface area contributed by atoms with E-state index in [0.717, 1.165) is 19.3 Å². The van der Waals surface area contributed by atoms with Crippen molar-refractivity contribution >= 4 is 11.9 Å². The molecule has 0 fully saturated rings. The van der Waals surface area contributed by atoms with Crippen LogP contribution < -0.4 is 11.1 Å². The predicted molar refractivity (Wildman–Crippen MR) is 103 cm³/mol. The van der Waals surface area contributed by atoms with Crippen molar-refractivity contribution in [2.24, 2.45) is 5.73 Å². The number of nitrogens with one attached hydrogen (secondary N) is 1. The summed E-state index contributed by atoms with van der Waals surface area (Å²) in [5.74, 6) is -0.907. The third kappa shape index (κ3) is 17.3. The monoisotopic (exact) mass is 354 g/mol. The number of carboxylic acid groups (broad SMARTS) is 1. The number of nitrogens with two attached hydrogens (primary N) is 1. The van der Waals surface area contributed by atoms with E-state index >= 15 is 0 Å². The average molecular weight is 355 g/mol. The lowest BCUT2D eigenvalue weighted by Gasteiger charge is -2.06. The van der Waals surface area contributed by atoms with Gasteiger partial charge < -0.3 is 16.2 Å². The molecule has 0 heterocycles. The number of rotatable bonds is 17. The van der Waals surface area contributed by atoms with E-state index in [1.807, 2.05) is 0 Å². The fourth-order valence-electron chi connectivity index (χ4n) is 2.60. The molecule has 0 spiro atoms. The summed E-state index contributed by atoms with van der Waals surface area (Å²) in [6, 6.07) is -0.794. The maximum absolute atomic E-state index is 11.6. The molecule has 146 valence electrons. The van der Waals surface area contributed by atoms with E-state index in [2.05, 4.69) is 24.4 Å². The van der Waals surface area contributed by atoms with Gasteiger partial charge in [-0.3, -0.25) is 9.59 Å². The third-order valence-corrected chi connectivity index (χ3v) is 4.26. The van der Waals surface area contributed by atoms with Crippen molar-refractivity contribution < 1.29 is 14.7 Å². The SMILES string of the molecule is CCCCCCCCC/C=C/CCC(=O)NCCCC[C@H](N)C(=O)O. The van der Waals surface area contributed by atoms with E-state index in [1.165, 1.54) is 44.9 Å². The summed E-state index contributed by atoms with van der Waals surface area (Å²) in [6.45, 7) is 2.83. The highest BCUT2D eigenvalue weighted by Crippen LogP contribution is 2.08. The van der Waals surface area contributed by atoms with Gasteiger partial charge in [-0.05, 0) is 38.5 Å². The second kappa shape index (κ2) is 17.5. The fraction of sp³-hybridized carbons (Fsp3) is 0.800. The highest BCUT2D eigenvalue weighted by molar-refractivity contribution is 5.75. The minimum Gasteiger partial charge on any atom is -0.480 e. The van der Waals surface area contributed by atoms with Gasteiger partial charge in [0, 0.05) is 13.0 Å². The minimum absolute atomic E-state index is 0.0584. The van der Waals surface area contributed by atoms with Crippen molar-refractivity contribution in [1.29, 1.82) is 0 Å². The summed E-state index contributed by atoms with van der Waals surface area (Å²) in [5.41, 5.74) is 5.42. The summed E-state index contributed by atoms with van der Waals surface area (Å²) in [4.78, 5) is 22.2. The Hall–Kier alpha value is -1.36. The molecule has 0 aliphatic rings. The molecule has 0 aromatic carbocycles. The molecule has 0 rings (SSSR count). The van der Waals surface area contributed by atoms with Crippen LogP contribution in [0, 0.1) is 0 Å². The van der Waals surface area contributed by atoms with Crippen LogP contribution >= 0.6 is 0 Å². The summed E-state index contributed by atoms with van der Waals surface area (Å²) < 4.78 is 0. The van der Waals surface area contributed by atoms with E-state index in [9.17, 15) is 9.59 Å². The van der Waals surface area contributed by atoms with Gasteiger partial charge in [0.1, 0.15) is 6.04 Å². The number of hydrogen-bond donors (Lipinski definition) is 3. The third-order valence-electron chi connectivity index (χ3n) is 4.26. The van der Waals surface area contributed by atoms with Gasteiger partial charge in [0.05, 0.1) is 0 Å². The molecule has 0 unspecified atom stereocenters. The quantitative estimate of drug-likeness (QED) is 0.270. The molecule has 5 nitrogen and oxygen atoms in total. The maximum atomic E-state index is 11.6. The number of carbonyl (C=O) groups excluding carboxylic acids is 1. The maximum Gasteiger partial charge on any atom is 0.320 e. The first kappa shape index (κ1) is 23.6. The highest BCUT2D eigenvalue weighted by atomic mass is 16.4. The number of aliphatic carboxylic acids is 1. The molecule has 0 radical (unpaired) electrons. The molecule has 0 saturated carbocycles. The number of allylic oxidation sites excluding steroid dienone is 2. The molecule has 0 aliphatic heterocycles. The summed E-state index contributed by atoms with van der Waals surface area (Å²) in [5, 5.41) is 11.5. The van der Waals surface area contributed by atoms with Crippen LogP contribution in [0.1, 0.15) is 90.4 Å². The first-order chi connectivity index (χ1) is 12.1. The average Bonchev–Trinajstić information content (AvgIpc) is 2.59. The molecular weight excluding hydrogens is 316 g/mol. The molecule has 0 bridgehead atoms. The molecular formula is C20H38N2O3. The second-order valence-electron chi connectivity index (χ2n) is 6.71. The Balaban J connectivity index is 3.35. The van der Waals surface area contributed by atoms with Gasteiger partial charge in [-0.2, -0.15) is 0 Å². The van der Waals surface area contributed by atoms with Gasteiger partial charge in [-0.15, -0.1) is 0 Å². The van der Waals surface area contributed by atoms with E-state index in [4.69, 9.17) is 10.8 Å². The van der Waals surface area contributed by atoms with Gasteiger partial charge in [0.15, 0.2) is 0 Å². The zero-order valence-electron chi connectivity index (χ0n) is 16.0. The smallest absolute Gasteiger partial charge is 0.320 e. The van der Waals surface area contributed by atoms with Crippen LogP contribution in [0.4, 0.5) is 0 Å². The van der Waals surface area contributed by atoms with Crippen molar-refractivity contribution in [2.45, 2.75) is 96.4 Å². The van der Waals surface area contributed by atoms with Crippen molar-refractivity contribution in [2.75, 3.05) is 6.54 Å². The van der Waals surface area contributed by atoms with Crippen molar-refractivity contribution in [3.05, 3.63) is 12.2 Å². The van der Waals surface area contributed by atoms with Crippen molar-refractivity contribution in [3.63, 3.8) is 0 Å². The lowest BCUT2D eigenvalue weighted by molar-refractivity contribution is -0.138.